The number of halogens is 1. The molecule has 0 saturated carbocycles. The van der Waals surface area contributed by atoms with E-state index in [1.54, 1.807) is 0 Å². The standard InChI is InChI=1S/C12H16ClNO/c1-9(15-10-6-7-14-8-10)11-4-2-3-5-12(11)13/h2-5,9-10,14H,6-8H2,1H3/t9-,10-/m1/s1. The Morgan fingerprint density at radius 3 is 2.93 bits per heavy atom. The summed E-state index contributed by atoms with van der Waals surface area (Å²) >= 11 is 6.11. The van der Waals surface area contributed by atoms with Crippen molar-refractivity contribution >= 4 is 11.6 Å². The van der Waals surface area contributed by atoms with Crippen molar-refractivity contribution in [3.63, 3.8) is 0 Å². The van der Waals surface area contributed by atoms with Crippen LogP contribution in [0.4, 0.5) is 0 Å². The zero-order valence-electron chi connectivity index (χ0n) is 8.87. The topological polar surface area (TPSA) is 21.3 Å². The van der Waals surface area contributed by atoms with Crippen LogP contribution in [0.3, 0.4) is 0 Å². The van der Waals surface area contributed by atoms with Gasteiger partial charge in [-0.05, 0) is 31.5 Å². The van der Waals surface area contributed by atoms with Crippen LogP contribution in [0.5, 0.6) is 0 Å². The van der Waals surface area contributed by atoms with Crippen molar-refractivity contribution in [2.75, 3.05) is 13.1 Å². The van der Waals surface area contributed by atoms with Gasteiger partial charge in [-0.25, -0.2) is 0 Å². The average molecular weight is 226 g/mol. The molecule has 0 bridgehead atoms. The summed E-state index contributed by atoms with van der Waals surface area (Å²) in [6, 6.07) is 7.86. The van der Waals surface area contributed by atoms with Crippen LogP contribution in [0.25, 0.3) is 0 Å². The van der Waals surface area contributed by atoms with Gasteiger partial charge in [0.25, 0.3) is 0 Å². The zero-order valence-corrected chi connectivity index (χ0v) is 9.63. The Hall–Kier alpha value is -0.570. The molecular formula is C12H16ClNO. The van der Waals surface area contributed by atoms with Gasteiger partial charge in [0.2, 0.25) is 0 Å². The highest BCUT2D eigenvalue weighted by molar-refractivity contribution is 6.31. The Morgan fingerprint density at radius 1 is 1.47 bits per heavy atom. The van der Waals surface area contributed by atoms with Crippen LogP contribution < -0.4 is 5.32 Å². The maximum absolute atomic E-state index is 6.11. The second-order valence-corrected chi connectivity index (χ2v) is 4.32. The highest BCUT2D eigenvalue weighted by Gasteiger charge is 2.19. The quantitative estimate of drug-likeness (QED) is 0.854. The van der Waals surface area contributed by atoms with Gasteiger partial charge in [-0.1, -0.05) is 29.8 Å². The van der Waals surface area contributed by atoms with Crippen LogP contribution in [-0.2, 0) is 4.74 Å². The van der Waals surface area contributed by atoms with Crippen molar-refractivity contribution in [1.82, 2.24) is 5.32 Å². The van der Waals surface area contributed by atoms with E-state index in [1.807, 2.05) is 24.3 Å². The summed E-state index contributed by atoms with van der Waals surface area (Å²) in [5.41, 5.74) is 1.08. The summed E-state index contributed by atoms with van der Waals surface area (Å²) in [5, 5.41) is 4.07. The van der Waals surface area contributed by atoms with Crippen molar-refractivity contribution in [3.05, 3.63) is 34.9 Å². The molecule has 1 heterocycles. The first-order valence-corrected chi connectivity index (χ1v) is 5.76. The Morgan fingerprint density at radius 2 is 2.27 bits per heavy atom. The molecule has 0 amide bonds. The molecule has 1 N–H and O–H groups in total. The lowest BCUT2D eigenvalue weighted by Crippen LogP contribution is -2.18. The Kier molecular flexibility index (Phi) is 3.62. The Bertz CT molecular complexity index is 323. The molecule has 82 valence electrons. The molecular weight excluding hydrogens is 210 g/mol. The van der Waals surface area contributed by atoms with Crippen LogP contribution in [0.15, 0.2) is 24.3 Å². The first-order chi connectivity index (χ1) is 7.27. The van der Waals surface area contributed by atoms with E-state index in [0.717, 1.165) is 30.1 Å². The maximum Gasteiger partial charge on any atom is 0.0815 e. The average Bonchev–Trinajstić information content (AvgIpc) is 2.71. The van der Waals surface area contributed by atoms with Crippen molar-refractivity contribution < 1.29 is 4.74 Å². The second kappa shape index (κ2) is 4.97. The van der Waals surface area contributed by atoms with Gasteiger partial charge in [0.05, 0.1) is 12.2 Å². The zero-order chi connectivity index (χ0) is 10.7. The van der Waals surface area contributed by atoms with Gasteiger partial charge < -0.3 is 10.1 Å². The summed E-state index contributed by atoms with van der Waals surface area (Å²) in [4.78, 5) is 0. The van der Waals surface area contributed by atoms with Crippen LogP contribution in [0.1, 0.15) is 25.0 Å². The van der Waals surface area contributed by atoms with Crippen LogP contribution in [0, 0.1) is 0 Å². The van der Waals surface area contributed by atoms with E-state index in [-0.39, 0.29) is 6.10 Å². The number of hydrogen-bond donors (Lipinski definition) is 1. The molecule has 0 radical (unpaired) electrons. The fourth-order valence-corrected chi connectivity index (χ4v) is 2.20. The van der Waals surface area contributed by atoms with Gasteiger partial charge in [0.1, 0.15) is 0 Å². The minimum absolute atomic E-state index is 0.0728. The SMILES string of the molecule is C[C@@H](O[C@@H]1CCNC1)c1ccccc1Cl. The second-order valence-electron chi connectivity index (χ2n) is 3.91. The normalized spacial score (nSPS) is 22.9. The first-order valence-electron chi connectivity index (χ1n) is 5.38. The third-order valence-corrected chi connectivity index (χ3v) is 3.10. The summed E-state index contributed by atoms with van der Waals surface area (Å²) in [6.07, 6.45) is 1.49. The van der Waals surface area contributed by atoms with Gasteiger partial charge in [-0.3, -0.25) is 0 Å². The molecule has 0 spiro atoms. The number of rotatable bonds is 3. The fourth-order valence-electron chi connectivity index (χ4n) is 1.91. The monoisotopic (exact) mass is 225 g/mol. The number of ether oxygens (including phenoxy) is 1. The third kappa shape index (κ3) is 2.71. The third-order valence-electron chi connectivity index (χ3n) is 2.75. The lowest BCUT2D eigenvalue weighted by Gasteiger charge is -2.19. The van der Waals surface area contributed by atoms with Crippen LogP contribution in [-0.4, -0.2) is 19.2 Å². The van der Waals surface area contributed by atoms with Gasteiger partial charge >= 0.3 is 0 Å². The molecule has 15 heavy (non-hydrogen) atoms. The number of nitrogens with one attached hydrogen (secondary N) is 1. The smallest absolute Gasteiger partial charge is 0.0815 e. The van der Waals surface area contributed by atoms with Crippen molar-refractivity contribution in [1.29, 1.82) is 0 Å². The van der Waals surface area contributed by atoms with E-state index >= 15 is 0 Å². The van der Waals surface area contributed by atoms with Crippen LogP contribution >= 0.6 is 11.6 Å². The van der Waals surface area contributed by atoms with Gasteiger partial charge in [-0.2, -0.15) is 0 Å². The van der Waals surface area contributed by atoms with E-state index in [1.165, 1.54) is 0 Å². The largest absolute Gasteiger partial charge is 0.369 e. The van der Waals surface area contributed by atoms with E-state index in [4.69, 9.17) is 16.3 Å². The molecule has 3 heteroatoms. The highest BCUT2D eigenvalue weighted by Crippen LogP contribution is 2.26. The molecule has 0 aromatic heterocycles. The molecule has 1 aliphatic heterocycles. The highest BCUT2D eigenvalue weighted by atomic mass is 35.5. The van der Waals surface area contributed by atoms with Gasteiger partial charge in [-0.15, -0.1) is 0 Å². The Balaban J connectivity index is 2.00. The predicted octanol–water partition coefficient (Wildman–Crippen LogP) is 2.78. The molecule has 0 aliphatic carbocycles. The molecule has 2 rings (SSSR count). The van der Waals surface area contributed by atoms with Crippen molar-refractivity contribution in [2.24, 2.45) is 0 Å². The fraction of sp³-hybridized carbons (Fsp3) is 0.500. The number of benzene rings is 1. The maximum atomic E-state index is 6.11. The van der Waals surface area contributed by atoms with E-state index in [9.17, 15) is 0 Å². The van der Waals surface area contributed by atoms with Gasteiger partial charge in [0.15, 0.2) is 0 Å². The molecule has 1 aliphatic rings. The molecule has 1 aromatic carbocycles. The lowest BCUT2D eigenvalue weighted by molar-refractivity contribution is 0.00834. The molecule has 1 fully saturated rings. The van der Waals surface area contributed by atoms with E-state index in [0.29, 0.717) is 6.10 Å². The Labute approximate surface area is 95.6 Å². The molecule has 2 atom stereocenters. The summed E-state index contributed by atoms with van der Waals surface area (Å²) in [6.45, 7) is 4.06. The van der Waals surface area contributed by atoms with Crippen molar-refractivity contribution in [3.8, 4) is 0 Å². The van der Waals surface area contributed by atoms with Gasteiger partial charge in [0, 0.05) is 11.6 Å². The summed E-state index contributed by atoms with van der Waals surface area (Å²) in [7, 11) is 0. The summed E-state index contributed by atoms with van der Waals surface area (Å²) < 4.78 is 5.93. The first kappa shape index (κ1) is 10.9. The predicted molar refractivity (Wildman–Crippen MR) is 62.2 cm³/mol. The van der Waals surface area contributed by atoms with Crippen molar-refractivity contribution in [2.45, 2.75) is 25.6 Å². The minimum atomic E-state index is 0.0728. The minimum Gasteiger partial charge on any atom is -0.369 e. The molecule has 1 aromatic rings. The molecule has 0 unspecified atom stereocenters. The lowest BCUT2D eigenvalue weighted by atomic mass is 10.1. The van der Waals surface area contributed by atoms with E-state index < -0.39 is 0 Å². The van der Waals surface area contributed by atoms with Crippen LogP contribution in [0.2, 0.25) is 5.02 Å². The molecule has 2 nitrogen and oxygen atoms in total. The van der Waals surface area contributed by atoms with E-state index in [2.05, 4.69) is 12.2 Å². The number of hydrogen-bond acceptors (Lipinski definition) is 2. The summed E-state index contributed by atoms with van der Waals surface area (Å²) in [5.74, 6) is 0. The molecule has 1 saturated heterocycles.